The summed E-state index contributed by atoms with van der Waals surface area (Å²) in [5, 5.41) is 3.20. The molecule has 1 saturated carbocycles. The van der Waals surface area contributed by atoms with Gasteiger partial charge in [0.25, 0.3) is 0 Å². The molecule has 0 amide bonds. The van der Waals surface area contributed by atoms with Gasteiger partial charge in [0.05, 0.1) is 6.10 Å². The first-order valence-electron chi connectivity index (χ1n) is 5.60. The normalized spacial score (nSPS) is 17.1. The van der Waals surface area contributed by atoms with Gasteiger partial charge in [-0.25, -0.2) is 9.97 Å². The number of nitrogen functional groups attached to an aromatic ring is 1. The Morgan fingerprint density at radius 3 is 2.94 bits per heavy atom. The Morgan fingerprint density at radius 1 is 1.56 bits per heavy atom. The number of rotatable bonds is 5. The lowest BCUT2D eigenvalue weighted by atomic mass is 10.3. The van der Waals surface area contributed by atoms with E-state index in [1.807, 2.05) is 6.92 Å². The molecule has 1 aromatic rings. The summed E-state index contributed by atoms with van der Waals surface area (Å²) in [5.74, 6) is 2.71. The summed E-state index contributed by atoms with van der Waals surface area (Å²) >= 11 is 0. The van der Waals surface area contributed by atoms with Crippen LogP contribution in [0.4, 0.5) is 11.6 Å². The van der Waals surface area contributed by atoms with Gasteiger partial charge in [-0.05, 0) is 19.8 Å². The maximum Gasteiger partial charge on any atom is 0.136 e. The van der Waals surface area contributed by atoms with Crippen LogP contribution in [0.1, 0.15) is 31.5 Å². The van der Waals surface area contributed by atoms with Gasteiger partial charge in [0.15, 0.2) is 0 Å². The Morgan fingerprint density at radius 2 is 2.31 bits per heavy atom. The van der Waals surface area contributed by atoms with Gasteiger partial charge in [-0.1, -0.05) is 0 Å². The van der Waals surface area contributed by atoms with Crippen molar-refractivity contribution < 1.29 is 4.74 Å². The summed E-state index contributed by atoms with van der Waals surface area (Å²) in [4.78, 5) is 8.68. The molecule has 0 saturated heterocycles. The van der Waals surface area contributed by atoms with Crippen LogP contribution >= 0.6 is 0 Å². The predicted molar refractivity (Wildman–Crippen MR) is 63.4 cm³/mol. The molecule has 1 heterocycles. The number of nitrogens with zero attached hydrogens (tertiary/aromatic N) is 2. The smallest absolute Gasteiger partial charge is 0.136 e. The zero-order chi connectivity index (χ0) is 11.5. The molecule has 1 atom stereocenters. The second-order valence-corrected chi connectivity index (χ2v) is 4.24. The molecule has 0 aliphatic heterocycles. The van der Waals surface area contributed by atoms with Crippen LogP contribution in [-0.2, 0) is 4.74 Å². The maximum absolute atomic E-state index is 5.74. The molecule has 0 radical (unpaired) electrons. The van der Waals surface area contributed by atoms with E-state index in [0.29, 0.717) is 11.7 Å². The van der Waals surface area contributed by atoms with Crippen molar-refractivity contribution in [1.29, 1.82) is 0 Å². The van der Waals surface area contributed by atoms with Gasteiger partial charge in [0, 0.05) is 25.6 Å². The highest BCUT2D eigenvalue weighted by Crippen LogP contribution is 2.38. The highest BCUT2D eigenvalue weighted by atomic mass is 16.5. The second kappa shape index (κ2) is 4.65. The molecule has 1 aromatic heterocycles. The number of ether oxygens (including phenoxy) is 1. The molecular formula is C11H18N4O. The third-order valence-corrected chi connectivity index (χ3v) is 2.68. The first kappa shape index (κ1) is 11.1. The van der Waals surface area contributed by atoms with Crippen molar-refractivity contribution in [3.8, 4) is 0 Å². The Hall–Kier alpha value is -1.36. The number of anilines is 2. The summed E-state index contributed by atoms with van der Waals surface area (Å²) in [7, 11) is 1.69. The van der Waals surface area contributed by atoms with Crippen LogP contribution in [-0.4, -0.2) is 29.7 Å². The number of methoxy groups -OCH3 is 1. The van der Waals surface area contributed by atoms with Crippen LogP contribution < -0.4 is 11.1 Å². The second-order valence-electron chi connectivity index (χ2n) is 4.24. The molecule has 1 fully saturated rings. The molecule has 0 bridgehead atoms. The standard InChI is InChI=1S/C11H18N4O/c1-7(16-2)6-13-10-5-9(12)14-11(15-10)8-3-4-8/h5,7-8H,3-4,6H2,1-2H3,(H3,12,13,14,15). The lowest BCUT2D eigenvalue weighted by Crippen LogP contribution is -2.19. The molecule has 2 rings (SSSR count). The zero-order valence-corrected chi connectivity index (χ0v) is 9.73. The Balaban J connectivity index is 2.02. The first-order valence-corrected chi connectivity index (χ1v) is 5.60. The minimum absolute atomic E-state index is 0.153. The molecule has 0 aromatic carbocycles. The van der Waals surface area contributed by atoms with Crippen LogP contribution in [0.2, 0.25) is 0 Å². The molecule has 1 unspecified atom stereocenters. The third kappa shape index (κ3) is 2.82. The number of nitrogens with two attached hydrogens (primary N) is 1. The molecule has 0 spiro atoms. The zero-order valence-electron chi connectivity index (χ0n) is 9.73. The van der Waals surface area contributed by atoms with Gasteiger partial charge in [-0.15, -0.1) is 0 Å². The Kier molecular flexibility index (Phi) is 3.24. The van der Waals surface area contributed by atoms with Gasteiger partial charge in [0.1, 0.15) is 17.5 Å². The van der Waals surface area contributed by atoms with Gasteiger partial charge >= 0.3 is 0 Å². The predicted octanol–water partition coefficient (Wildman–Crippen LogP) is 1.38. The minimum Gasteiger partial charge on any atom is -0.384 e. The summed E-state index contributed by atoms with van der Waals surface area (Å²) < 4.78 is 5.16. The van der Waals surface area contributed by atoms with E-state index in [9.17, 15) is 0 Å². The maximum atomic E-state index is 5.74. The fraction of sp³-hybridized carbons (Fsp3) is 0.636. The molecule has 88 valence electrons. The number of nitrogens with one attached hydrogen (secondary N) is 1. The number of hydrogen-bond donors (Lipinski definition) is 2. The topological polar surface area (TPSA) is 73.1 Å². The molecular weight excluding hydrogens is 204 g/mol. The fourth-order valence-electron chi connectivity index (χ4n) is 1.43. The van der Waals surface area contributed by atoms with Crippen molar-refractivity contribution in [3.05, 3.63) is 11.9 Å². The molecule has 1 aliphatic carbocycles. The van der Waals surface area contributed by atoms with E-state index in [1.165, 1.54) is 12.8 Å². The van der Waals surface area contributed by atoms with Crippen molar-refractivity contribution in [2.75, 3.05) is 24.7 Å². The lowest BCUT2D eigenvalue weighted by molar-refractivity contribution is 0.128. The van der Waals surface area contributed by atoms with Crippen LogP contribution in [0.25, 0.3) is 0 Å². The first-order chi connectivity index (χ1) is 7.69. The summed E-state index contributed by atoms with van der Waals surface area (Å²) in [6, 6.07) is 1.76. The van der Waals surface area contributed by atoms with Crippen LogP contribution in [0.3, 0.4) is 0 Å². The van der Waals surface area contributed by atoms with E-state index in [0.717, 1.165) is 18.2 Å². The number of aromatic nitrogens is 2. The van der Waals surface area contributed by atoms with Crippen LogP contribution in [0, 0.1) is 0 Å². The van der Waals surface area contributed by atoms with Crippen molar-refractivity contribution in [2.45, 2.75) is 31.8 Å². The van der Waals surface area contributed by atoms with Crippen molar-refractivity contribution >= 4 is 11.6 Å². The van der Waals surface area contributed by atoms with E-state index in [-0.39, 0.29) is 6.10 Å². The minimum atomic E-state index is 0.153. The van der Waals surface area contributed by atoms with Gasteiger partial charge in [-0.2, -0.15) is 0 Å². The van der Waals surface area contributed by atoms with Crippen molar-refractivity contribution in [2.24, 2.45) is 0 Å². The van der Waals surface area contributed by atoms with Crippen molar-refractivity contribution in [3.63, 3.8) is 0 Å². The largest absolute Gasteiger partial charge is 0.384 e. The molecule has 16 heavy (non-hydrogen) atoms. The highest BCUT2D eigenvalue weighted by molar-refractivity contribution is 5.45. The van der Waals surface area contributed by atoms with E-state index >= 15 is 0 Å². The summed E-state index contributed by atoms with van der Waals surface area (Å²) in [6.45, 7) is 2.72. The van der Waals surface area contributed by atoms with Crippen LogP contribution in [0.15, 0.2) is 6.07 Å². The third-order valence-electron chi connectivity index (χ3n) is 2.68. The highest BCUT2D eigenvalue weighted by Gasteiger charge is 2.27. The van der Waals surface area contributed by atoms with E-state index in [2.05, 4.69) is 15.3 Å². The van der Waals surface area contributed by atoms with Gasteiger partial charge in [0.2, 0.25) is 0 Å². The molecule has 1 aliphatic rings. The van der Waals surface area contributed by atoms with E-state index in [1.54, 1.807) is 13.2 Å². The van der Waals surface area contributed by atoms with E-state index < -0.39 is 0 Å². The average Bonchev–Trinajstić information content (AvgIpc) is 3.09. The Bertz CT molecular complexity index is 365. The Labute approximate surface area is 95.4 Å². The summed E-state index contributed by atoms with van der Waals surface area (Å²) in [5.41, 5.74) is 5.74. The van der Waals surface area contributed by atoms with Gasteiger partial charge in [-0.3, -0.25) is 0 Å². The lowest BCUT2D eigenvalue weighted by Gasteiger charge is -2.12. The quantitative estimate of drug-likeness (QED) is 0.787. The SMILES string of the molecule is COC(C)CNc1cc(N)nc(C2CC2)n1. The summed E-state index contributed by atoms with van der Waals surface area (Å²) in [6.07, 6.45) is 2.51. The van der Waals surface area contributed by atoms with Gasteiger partial charge < -0.3 is 15.8 Å². The molecule has 3 N–H and O–H groups in total. The van der Waals surface area contributed by atoms with E-state index in [4.69, 9.17) is 10.5 Å². The van der Waals surface area contributed by atoms with Crippen LogP contribution in [0.5, 0.6) is 0 Å². The molecule has 5 nitrogen and oxygen atoms in total. The number of hydrogen-bond acceptors (Lipinski definition) is 5. The monoisotopic (exact) mass is 222 g/mol. The molecule has 5 heteroatoms. The average molecular weight is 222 g/mol. The fourth-order valence-corrected chi connectivity index (χ4v) is 1.43. The van der Waals surface area contributed by atoms with Crippen molar-refractivity contribution in [1.82, 2.24) is 9.97 Å².